The highest BCUT2D eigenvalue weighted by Gasteiger charge is 2.31. The Morgan fingerprint density at radius 1 is 0.600 bits per heavy atom. The van der Waals surface area contributed by atoms with E-state index >= 15 is 0 Å². The maximum Gasteiger partial charge on any atom is 0.0720 e. The van der Waals surface area contributed by atoms with Gasteiger partial charge >= 0.3 is 0 Å². The molecule has 124 valence electrons. The molecule has 4 N–H and O–H groups in total. The molecule has 2 nitrogen and oxygen atoms in total. The molecule has 0 saturated heterocycles. The highest BCUT2D eigenvalue weighted by atomic mass is 15.0. The maximum absolute atomic E-state index is 6.50. The largest absolute Gasteiger partial charge is 0.313 e. The van der Waals surface area contributed by atoms with Gasteiger partial charge in [0.2, 0.25) is 0 Å². The number of fused-ring (bicyclic) bond motifs is 2. The topological polar surface area (TPSA) is 52.0 Å². The molecule has 0 aliphatic rings. The van der Waals surface area contributed by atoms with E-state index in [0.717, 1.165) is 0 Å². The predicted octanol–water partition coefficient (Wildman–Crippen LogP) is 4.76. The van der Waals surface area contributed by atoms with Crippen molar-refractivity contribution in [1.82, 2.24) is 0 Å². The lowest BCUT2D eigenvalue weighted by atomic mass is 9.78. The molecule has 0 saturated carbocycles. The Morgan fingerprint density at radius 2 is 1.00 bits per heavy atom. The van der Waals surface area contributed by atoms with Crippen LogP contribution >= 0.6 is 0 Å². The Balaban J connectivity index is 2.05. The molecule has 0 radical (unpaired) electrons. The van der Waals surface area contributed by atoms with Gasteiger partial charge in [0.05, 0.1) is 5.66 Å². The first-order valence-electron chi connectivity index (χ1n) is 8.59. The van der Waals surface area contributed by atoms with Crippen LogP contribution in [0.5, 0.6) is 0 Å². The molecule has 2 heteroatoms. The van der Waals surface area contributed by atoms with E-state index in [9.17, 15) is 0 Å². The van der Waals surface area contributed by atoms with Crippen LogP contribution in [0, 0.1) is 0 Å². The number of hydrogen-bond acceptors (Lipinski definition) is 2. The molecule has 0 bridgehead atoms. The van der Waals surface area contributed by atoms with Crippen LogP contribution in [-0.2, 0) is 0 Å². The minimum Gasteiger partial charge on any atom is -0.313 e. The van der Waals surface area contributed by atoms with Crippen LogP contribution in [0.4, 0.5) is 0 Å². The van der Waals surface area contributed by atoms with Gasteiger partial charge in [-0.15, -0.1) is 0 Å². The lowest BCUT2D eigenvalue weighted by Crippen LogP contribution is -2.51. The molecule has 4 rings (SSSR count). The van der Waals surface area contributed by atoms with Gasteiger partial charge in [-0.2, -0.15) is 0 Å². The van der Waals surface area contributed by atoms with E-state index < -0.39 is 5.66 Å². The average molecular weight is 326 g/mol. The first-order valence-corrected chi connectivity index (χ1v) is 8.59. The Bertz CT molecular complexity index is 955. The summed E-state index contributed by atoms with van der Waals surface area (Å²) in [5.74, 6) is -0.107. The van der Waals surface area contributed by atoms with E-state index in [1.165, 1.54) is 32.7 Å². The quantitative estimate of drug-likeness (QED) is 0.533. The first kappa shape index (κ1) is 15.8. The summed E-state index contributed by atoms with van der Waals surface area (Å²) in [6.07, 6.45) is 0. The van der Waals surface area contributed by atoms with Gasteiger partial charge in [0, 0.05) is 5.92 Å². The average Bonchev–Trinajstić information content (AvgIpc) is 2.61. The van der Waals surface area contributed by atoms with Crippen LogP contribution in [0.3, 0.4) is 0 Å². The van der Waals surface area contributed by atoms with E-state index in [1.54, 1.807) is 0 Å². The van der Waals surface area contributed by atoms with Crippen molar-refractivity contribution in [1.29, 1.82) is 0 Å². The molecule has 25 heavy (non-hydrogen) atoms. The van der Waals surface area contributed by atoms with Gasteiger partial charge in [-0.3, -0.25) is 0 Å². The Hall–Kier alpha value is -2.68. The third kappa shape index (κ3) is 2.80. The first-order chi connectivity index (χ1) is 12.1. The third-order valence-electron chi connectivity index (χ3n) is 4.89. The lowest BCUT2D eigenvalue weighted by molar-refractivity contribution is 0.435. The van der Waals surface area contributed by atoms with Gasteiger partial charge in [0.1, 0.15) is 0 Å². The summed E-state index contributed by atoms with van der Waals surface area (Å²) in [6.45, 7) is 1.90. The van der Waals surface area contributed by atoms with Gasteiger partial charge in [-0.1, -0.05) is 84.9 Å². The van der Waals surface area contributed by atoms with E-state index in [0.29, 0.717) is 0 Å². The zero-order chi connectivity index (χ0) is 17.4. The van der Waals surface area contributed by atoms with Crippen LogP contribution in [0.15, 0.2) is 84.9 Å². The summed E-state index contributed by atoms with van der Waals surface area (Å²) >= 11 is 0. The Labute approximate surface area is 148 Å². The second-order valence-electron chi connectivity index (χ2n) is 6.94. The van der Waals surface area contributed by atoms with E-state index in [2.05, 4.69) is 84.9 Å². The monoisotopic (exact) mass is 326 g/mol. The van der Waals surface area contributed by atoms with Crippen molar-refractivity contribution in [2.24, 2.45) is 11.5 Å². The molecule has 0 amide bonds. The van der Waals surface area contributed by atoms with Gasteiger partial charge < -0.3 is 11.5 Å². The van der Waals surface area contributed by atoms with Gasteiger partial charge in [0.25, 0.3) is 0 Å². The molecular formula is C23H22N2. The summed E-state index contributed by atoms with van der Waals surface area (Å²) in [7, 11) is 0. The molecule has 0 aliphatic heterocycles. The minimum absolute atomic E-state index is 0.107. The zero-order valence-corrected chi connectivity index (χ0v) is 14.3. The molecule has 4 aromatic carbocycles. The fraction of sp³-hybridized carbons (Fsp3) is 0.130. The molecule has 0 aliphatic carbocycles. The molecular weight excluding hydrogens is 304 g/mol. The fourth-order valence-electron chi connectivity index (χ4n) is 3.84. The van der Waals surface area contributed by atoms with Crippen LogP contribution < -0.4 is 11.5 Å². The normalized spacial score (nSPS) is 12.2. The van der Waals surface area contributed by atoms with Crippen molar-refractivity contribution in [2.45, 2.75) is 18.5 Å². The highest BCUT2D eigenvalue weighted by Crippen LogP contribution is 2.38. The Morgan fingerprint density at radius 3 is 1.44 bits per heavy atom. The van der Waals surface area contributed by atoms with Crippen LogP contribution in [-0.4, -0.2) is 5.66 Å². The predicted molar refractivity (Wildman–Crippen MR) is 107 cm³/mol. The lowest BCUT2D eigenvalue weighted by Gasteiger charge is -2.33. The molecule has 0 atom stereocenters. The Kier molecular flexibility index (Phi) is 3.79. The fourth-order valence-corrected chi connectivity index (χ4v) is 3.84. The summed E-state index contributed by atoms with van der Waals surface area (Å²) in [6, 6.07) is 29.5. The van der Waals surface area contributed by atoms with E-state index in [-0.39, 0.29) is 5.92 Å². The second kappa shape index (κ2) is 5.99. The highest BCUT2D eigenvalue weighted by molar-refractivity contribution is 5.90. The van der Waals surface area contributed by atoms with Crippen LogP contribution in [0.2, 0.25) is 0 Å². The zero-order valence-electron chi connectivity index (χ0n) is 14.3. The summed E-state index contributed by atoms with van der Waals surface area (Å²) in [5.41, 5.74) is 14.5. The molecule has 0 heterocycles. The number of hydrogen-bond donors (Lipinski definition) is 2. The maximum atomic E-state index is 6.50. The third-order valence-corrected chi connectivity index (χ3v) is 4.89. The molecule has 4 aromatic rings. The molecule has 0 fully saturated rings. The number of benzene rings is 4. The van der Waals surface area contributed by atoms with E-state index in [4.69, 9.17) is 11.5 Å². The second-order valence-corrected chi connectivity index (χ2v) is 6.94. The number of rotatable bonds is 3. The van der Waals surface area contributed by atoms with Gasteiger partial charge in [-0.25, -0.2) is 0 Å². The van der Waals surface area contributed by atoms with Crippen molar-refractivity contribution in [3.63, 3.8) is 0 Å². The van der Waals surface area contributed by atoms with E-state index in [1.807, 2.05) is 6.92 Å². The van der Waals surface area contributed by atoms with Crippen molar-refractivity contribution >= 4 is 21.5 Å². The van der Waals surface area contributed by atoms with Crippen molar-refractivity contribution in [3.8, 4) is 0 Å². The van der Waals surface area contributed by atoms with Crippen molar-refractivity contribution in [3.05, 3.63) is 96.1 Å². The summed E-state index contributed by atoms with van der Waals surface area (Å²) in [5, 5.41) is 4.80. The SMILES string of the molecule is CC(N)(N)C(c1cccc2ccccc12)c1cccc2ccccc12. The van der Waals surface area contributed by atoms with Crippen LogP contribution in [0.25, 0.3) is 21.5 Å². The summed E-state index contributed by atoms with van der Waals surface area (Å²) in [4.78, 5) is 0. The molecule has 0 aromatic heterocycles. The number of nitrogens with two attached hydrogens (primary N) is 2. The smallest absolute Gasteiger partial charge is 0.0720 e. The molecule has 0 spiro atoms. The standard InChI is InChI=1S/C23H22N2/c1-23(24,25)22(20-14-6-10-16-8-2-4-12-18(16)20)21-15-7-11-17-9-3-5-13-19(17)21/h2-15,22H,24-25H2,1H3. The van der Waals surface area contributed by atoms with Crippen molar-refractivity contribution in [2.75, 3.05) is 0 Å². The molecule has 0 unspecified atom stereocenters. The van der Waals surface area contributed by atoms with Gasteiger partial charge in [-0.05, 0) is 39.6 Å². The minimum atomic E-state index is -0.881. The van der Waals surface area contributed by atoms with Crippen LogP contribution in [0.1, 0.15) is 24.0 Å². The van der Waals surface area contributed by atoms with Crippen molar-refractivity contribution < 1.29 is 0 Å². The summed E-state index contributed by atoms with van der Waals surface area (Å²) < 4.78 is 0. The van der Waals surface area contributed by atoms with Gasteiger partial charge in [0.15, 0.2) is 0 Å².